The Balaban J connectivity index is 1.99. The largest absolute Gasteiger partial charge is 0.466 e. The number of imide groups is 1. The van der Waals surface area contributed by atoms with E-state index in [-0.39, 0.29) is 32.6 Å². The maximum absolute atomic E-state index is 12.6. The van der Waals surface area contributed by atoms with E-state index < -0.39 is 58.5 Å². The van der Waals surface area contributed by atoms with Gasteiger partial charge in [-0.1, -0.05) is 0 Å². The molecule has 0 aromatic carbocycles. The number of hydrogen-bond donors (Lipinski definition) is 1. The Labute approximate surface area is 180 Å². The molecule has 2 rings (SSSR count). The van der Waals surface area contributed by atoms with Gasteiger partial charge < -0.3 is 14.4 Å². The van der Waals surface area contributed by atoms with Crippen LogP contribution in [0, 0.1) is 5.41 Å². The first-order valence-electron chi connectivity index (χ1n) is 9.75. The van der Waals surface area contributed by atoms with Crippen molar-refractivity contribution in [2.75, 3.05) is 26.4 Å². The minimum absolute atomic E-state index is 0.0313. The van der Waals surface area contributed by atoms with Gasteiger partial charge in [0, 0.05) is 6.54 Å². The van der Waals surface area contributed by atoms with Crippen LogP contribution in [0.1, 0.15) is 40.5 Å². The van der Waals surface area contributed by atoms with Gasteiger partial charge in [0.15, 0.2) is 0 Å². The molecule has 31 heavy (non-hydrogen) atoms. The predicted octanol–water partition coefficient (Wildman–Crippen LogP) is 0.310. The van der Waals surface area contributed by atoms with Crippen molar-refractivity contribution in [2.45, 2.75) is 52.6 Å². The fourth-order valence-corrected chi connectivity index (χ4v) is 3.94. The summed E-state index contributed by atoms with van der Waals surface area (Å²) in [6, 6.07) is -2.47. The molecule has 0 aromatic rings. The van der Waals surface area contributed by atoms with Gasteiger partial charge in [0.1, 0.15) is 6.04 Å². The lowest BCUT2D eigenvalue weighted by molar-refractivity contribution is -0.155. The highest BCUT2D eigenvalue weighted by Gasteiger charge is 2.50. The van der Waals surface area contributed by atoms with E-state index in [1.165, 1.54) is 13.8 Å². The summed E-state index contributed by atoms with van der Waals surface area (Å²) in [5, 5.41) is 2.66. The van der Waals surface area contributed by atoms with Gasteiger partial charge >= 0.3 is 28.5 Å². The van der Waals surface area contributed by atoms with Crippen LogP contribution in [-0.2, 0) is 37.9 Å². The van der Waals surface area contributed by atoms with E-state index in [2.05, 4.69) is 4.74 Å². The number of alkyl carbamates (subject to hydrolysis) is 1. The second-order valence-electron chi connectivity index (χ2n) is 7.57. The Bertz CT molecular complexity index is 828. The fourth-order valence-electron chi connectivity index (χ4n) is 3.08. The molecule has 2 aliphatic rings. The van der Waals surface area contributed by atoms with Crippen LogP contribution in [0.2, 0.25) is 0 Å². The molecule has 13 nitrogen and oxygen atoms in total. The van der Waals surface area contributed by atoms with Gasteiger partial charge in [0.05, 0.1) is 31.3 Å². The summed E-state index contributed by atoms with van der Waals surface area (Å²) >= 11 is 0. The van der Waals surface area contributed by atoms with Crippen LogP contribution >= 0.6 is 0 Å². The first-order chi connectivity index (χ1) is 14.4. The molecule has 1 N–H and O–H groups in total. The minimum atomic E-state index is -4.69. The topological polar surface area (TPSA) is 158 Å². The smallest absolute Gasteiger partial charge is 0.421 e. The molecule has 2 atom stereocenters. The average Bonchev–Trinajstić information content (AvgIpc) is 2.91. The third-order valence-corrected chi connectivity index (χ3v) is 5.44. The summed E-state index contributed by atoms with van der Waals surface area (Å²) in [5.41, 5.74) is -1.27. The number of hydrogen-bond acceptors (Lipinski definition) is 10. The first-order valence-corrected chi connectivity index (χ1v) is 11.1. The molecular formula is C17H27N3O10S. The van der Waals surface area contributed by atoms with Gasteiger partial charge in [0.25, 0.3) is 5.91 Å². The summed E-state index contributed by atoms with van der Waals surface area (Å²) in [5.74, 6) is -1.39. The van der Waals surface area contributed by atoms with Crippen LogP contribution in [0.4, 0.5) is 9.59 Å². The van der Waals surface area contributed by atoms with Crippen molar-refractivity contribution in [2.24, 2.45) is 5.41 Å². The molecule has 2 heterocycles. The molecule has 0 saturated carbocycles. The van der Waals surface area contributed by atoms with Crippen LogP contribution in [0.3, 0.4) is 0 Å². The van der Waals surface area contributed by atoms with Crippen LogP contribution in [0.25, 0.3) is 0 Å². The van der Waals surface area contributed by atoms with Crippen molar-refractivity contribution in [1.29, 1.82) is 0 Å². The summed E-state index contributed by atoms with van der Waals surface area (Å²) < 4.78 is 43.6. The Kier molecular flexibility index (Phi) is 7.83. The molecule has 0 unspecified atom stereocenters. The molecular weight excluding hydrogens is 438 g/mol. The van der Waals surface area contributed by atoms with Crippen molar-refractivity contribution >= 4 is 34.4 Å². The predicted molar refractivity (Wildman–Crippen MR) is 102 cm³/mol. The van der Waals surface area contributed by atoms with Gasteiger partial charge in [-0.25, -0.2) is 13.8 Å². The van der Waals surface area contributed by atoms with Gasteiger partial charge in [0.2, 0.25) is 0 Å². The number of urea groups is 1. The number of nitrogens with one attached hydrogen (secondary N) is 1. The van der Waals surface area contributed by atoms with Crippen molar-refractivity contribution in [3.8, 4) is 0 Å². The van der Waals surface area contributed by atoms with Crippen molar-refractivity contribution in [1.82, 2.24) is 15.3 Å². The third-order valence-electron chi connectivity index (χ3n) is 4.69. The van der Waals surface area contributed by atoms with Crippen molar-refractivity contribution in [3.63, 3.8) is 0 Å². The second kappa shape index (κ2) is 9.78. The standard InChI is InChI=1S/C17H27N3O10S/c1-5-27-14(22)17(3,4)10-29-31(25,26)30-20-11-7-8-12(19(9-11)16(20)24)13(21)18-15(23)28-6-2/h11-12H,5-10H2,1-4H3,(H,18,21,23)/t11-,12+/m1/s1. The molecule has 0 radical (unpaired) electrons. The van der Waals surface area contributed by atoms with E-state index >= 15 is 0 Å². The van der Waals surface area contributed by atoms with E-state index in [9.17, 15) is 27.6 Å². The highest BCUT2D eigenvalue weighted by atomic mass is 32.3. The molecule has 0 aromatic heterocycles. The second-order valence-corrected chi connectivity index (χ2v) is 8.77. The van der Waals surface area contributed by atoms with E-state index in [1.54, 1.807) is 13.8 Å². The number of rotatable bonds is 9. The van der Waals surface area contributed by atoms with Crippen molar-refractivity contribution < 1.29 is 45.5 Å². The zero-order valence-corrected chi connectivity index (χ0v) is 18.6. The number of esters is 1. The maximum atomic E-state index is 12.6. The van der Waals surface area contributed by atoms with E-state index in [0.29, 0.717) is 5.06 Å². The summed E-state index contributed by atoms with van der Waals surface area (Å²) in [6.45, 7) is 5.72. The summed E-state index contributed by atoms with van der Waals surface area (Å²) in [7, 11) is -4.69. The number of piperidine rings is 1. The number of carbonyl (C=O) groups excluding carboxylic acids is 4. The first kappa shape index (κ1) is 24.8. The third kappa shape index (κ3) is 6.04. The number of fused-ring (bicyclic) bond motifs is 2. The lowest BCUT2D eigenvalue weighted by Gasteiger charge is -2.28. The normalized spacial score (nSPS) is 21.1. The van der Waals surface area contributed by atoms with Gasteiger partial charge in [-0.05, 0) is 40.5 Å². The molecule has 0 aliphatic carbocycles. The molecule has 0 spiro atoms. The Morgan fingerprint density at radius 3 is 2.39 bits per heavy atom. The Morgan fingerprint density at radius 2 is 1.77 bits per heavy atom. The zero-order chi connectivity index (χ0) is 23.4. The molecule has 14 heteroatoms. The molecule has 2 fully saturated rings. The van der Waals surface area contributed by atoms with Gasteiger partial charge in [-0.3, -0.25) is 14.9 Å². The minimum Gasteiger partial charge on any atom is -0.466 e. The van der Waals surface area contributed by atoms with E-state index in [0.717, 1.165) is 4.90 Å². The SMILES string of the molecule is CCOC(=O)NC(=O)[C@@H]1CC[C@@H]2CN1C(=O)N2OS(=O)(=O)OCC(C)(C)C(=O)OCC. The summed E-state index contributed by atoms with van der Waals surface area (Å²) in [4.78, 5) is 49.3. The highest BCUT2D eigenvalue weighted by Crippen LogP contribution is 2.31. The summed E-state index contributed by atoms with van der Waals surface area (Å²) in [6.07, 6.45) is -0.486. The van der Waals surface area contributed by atoms with Crippen LogP contribution in [-0.4, -0.2) is 80.8 Å². The number of amides is 4. The van der Waals surface area contributed by atoms with Gasteiger partial charge in [-0.2, -0.15) is 13.5 Å². The molecule has 176 valence electrons. The van der Waals surface area contributed by atoms with Gasteiger partial charge in [-0.15, -0.1) is 4.28 Å². The fraction of sp³-hybridized carbons (Fsp3) is 0.765. The van der Waals surface area contributed by atoms with Crippen LogP contribution in [0.15, 0.2) is 0 Å². The van der Waals surface area contributed by atoms with Crippen LogP contribution in [0.5, 0.6) is 0 Å². The monoisotopic (exact) mass is 465 g/mol. The molecule has 2 bridgehead atoms. The van der Waals surface area contributed by atoms with Crippen LogP contribution < -0.4 is 5.32 Å². The molecule has 2 saturated heterocycles. The quantitative estimate of drug-likeness (QED) is 0.470. The van der Waals surface area contributed by atoms with Crippen molar-refractivity contribution in [3.05, 3.63) is 0 Å². The molecule has 2 aliphatic heterocycles. The highest BCUT2D eigenvalue weighted by molar-refractivity contribution is 7.81. The number of carbonyl (C=O) groups is 4. The molecule has 4 amide bonds. The lowest BCUT2D eigenvalue weighted by atomic mass is 9.95. The number of hydroxylamine groups is 2. The average molecular weight is 465 g/mol. The number of ether oxygens (including phenoxy) is 2. The van der Waals surface area contributed by atoms with E-state index in [1.807, 2.05) is 5.32 Å². The maximum Gasteiger partial charge on any atom is 0.421 e. The zero-order valence-electron chi connectivity index (χ0n) is 17.8. The lowest BCUT2D eigenvalue weighted by Crippen LogP contribution is -2.51. The Hall–Kier alpha value is -2.45. The Morgan fingerprint density at radius 1 is 1.13 bits per heavy atom. The van der Waals surface area contributed by atoms with E-state index in [4.69, 9.17) is 13.2 Å². The number of nitrogens with zero attached hydrogens (tertiary/aromatic N) is 2.